The number of hydrogen-bond acceptors (Lipinski definition) is 4. The Kier molecular flexibility index (Phi) is 6.46. The van der Waals surface area contributed by atoms with E-state index >= 15 is 0 Å². The molecular weight excluding hydrogens is 318 g/mol. The molecule has 0 unspecified atom stereocenters. The molecule has 0 saturated heterocycles. The van der Waals surface area contributed by atoms with Crippen molar-refractivity contribution in [3.8, 4) is 17.2 Å². The monoisotopic (exact) mass is 341 g/mol. The second-order valence-corrected chi connectivity index (χ2v) is 5.39. The van der Waals surface area contributed by atoms with Gasteiger partial charge in [0, 0.05) is 17.7 Å². The molecule has 2 rings (SSSR count). The fourth-order valence-corrected chi connectivity index (χ4v) is 2.51. The van der Waals surface area contributed by atoms with Gasteiger partial charge in [0.1, 0.15) is 5.75 Å². The van der Waals surface area contributed by atoms with Crippen LogP contribution >= 0.6 is 0 Å². The number of nitrogens with one attached hydrogen (secondary N) is 1. The molecule has 132 valence electrons. The van der Waals surface area contributed by atoms with Crippen molar-refractivity contribution >= 4 is 5.91 Å². The van der Waals surface area contributed by atoms with Crippen LogP contribution in [0.1, 0.15) is 21.5 Å². The molecule has 0 aromatic heterocycles. The van der Waals surface area contributed by atoms with Gasteiger partial charge in [-0.15, -0.1) is 6.58 Å². The lowest BCUT2D eigenvalue weighted by Crippen LogP contribution is -2.23. The minimum Gasteiger partial charge on any atom is -0.497 e. The van der Waals surface area contributed by atoms with Crippen LogP contribution in [0.5, 0.6) is 17.2 Å². The van der Waals surface area contributed by atoms with E-state index in [1.165, 1.54) is 0 Å². The number of amides is 1. The Morgan fingerprint density at radius 1 is 1.08 bits per heavy atom. The summed E-state index contributed by atoms with van der Waals surface area (Å²) in [6.07, 6.45) is 2.34. The van der Waals surface area contributed by atoms with Gasteiger partial charge in [-0.2, -0.15) is 0 Å². The molecule has 5 nitrogen and oxygen atoms in total. The Bertz CT molecular complexity index is 738. The van der Waals surface area contributed by atoms with Crippen molar-refractivity contribution in [1.82, 2.24) is 5.32 Å². The first kappa shape index (κ1) is 18.4. The predicted octanol–water partition coefficient (Wildman–Crippen LogP) is 3.37. The molecule has 0 heterocycles. The predicted molar refractivity (Wildman–Crippen MR) is 97.6 cm³/mol. The first-order chi connectivity index (χ1) is 12.1. The van der Waals surface area contributed by atoms with E-state index in [1.54, 1.807) is 39.5 Å². The Morgan fingerprint density at radius 3 is 2.36 bits per heavy atom. The van der Waals surface area contributed by atoms with Gasteiger partial charge in [-0.25, -0.2) is 0 Å². The lowest BCUT2D eigenvalue weighted by atomic mass is 10.0. The smallest absolute Gasteiger partial charge is 0.251 e. The number of allylic oxidation sites excluding steroid dienone is 1. The van der Waals surface area contributed by atoms with Crippen molar-refractivity contribution in [2.75, 3.05) is 21.3 Å². The highest BCUT2D eigenvalue weighted by Gasteiger charge is 2.15. The third-order valence-electron chi connectivity index (χ3n) is 3.79. The fraction of sp³-hybridized carbons (Fsp3) is 0.250. The second-order valence-electron chi connectivity index (χ2n) is 5.39. The van der Waals surface area contributed by atoms with E-state index in [0.717, 1.165) is 16.9 Å². The topological polar surface area (TPSA) is 56.8 Å². The maximum atomic E-state index is 12.5. The van der Waals surface area contributed by atoms with Crippen molar-refractivity contribution in [2.45, 2.75) is 13.0 Å². The summed E-state index contributed by atoms with van der Waals surface area (Å²) in [6.45, 7) is 4.17. The normalized spacial score (nSPS) is 10.0. The first-order valence-electron chi connectivity index (χ1n) is 7.89. The van der Waals surface area contributed by atoms with Crippen LogP contribution in [-0.4, -0.2) is 27.2 Å². The zero-order valence-corrected chi connectivity index (χ0v) is 14.8. The van der Waals surface area contributed by atoms with E-state index in [0.29, 0.717) is 30.0 Å². The van der Waals surface area contributed by atoms with E-state index in [2.05, 4.69) is 11.9 Å². The van der Waals surface area contributed by atoms with Crippen molar-refractivity contribution < 1.29 is 19.0 Å². The van der Waals surface area contributed by atoms with Crippen LogP contribution in [0.3, 0.4) is 0 Å². The van der Waals surface area contributed by atoms with Crippen LogP contribution in [0.15, 0.2) is 49.1 Å². The van der Waals surface area contributed by atoms with Crippen LogP contribution in [0.25, 0.3) is 0 Å². The summed E-state index contributed by atoms with van der Waals surface area (Å²) >= 11 is 0. The average Bonchev–Trinajstić information content (AvgIpc) is 2.66. The largest absolute Gasteiger partial charge is 0.497 e. The number of carbonyl (C=O) groups is 1. The summed E-state index contributed by atoms with van der Waals surface area (Å²) in [5.74, 6) is 1.75. The van der Waals surface area contributed by atoms with Gasteiger partial charge in [0.25, 0.3) is 5.91 Å². The number of methoxy groups -OCH3 is 3. The number of rotatable bonds is 8. The molecule has 0 aliphatic carbocycles. The molecule has 0 saturated carbocycles. The van der Waals surface area contributed by atoms with Gasteiger partial charge in [-0.3, -0.25) is 4.79 Å². The molecular formula is C20H23NO4. The van der Waals surface area contributed by atoms with Crippen molar-refractivity contribution in [3.05, 3.63) is 65.7 Å². The highest BCUT2D eigenvalue weighted by molar-refractivity contribution is 5.95. The Morgan fingerprint density at radius 2 is 1.80 bits per heavy atom. The molecule has 2 aromatic carbocycles. The third kappa shape index (κ3) is 4.53. The second kappa shape index (κ2) is 8.78. The van der Waals surface area contributed by atoms with E-state index < -0.39 is 0 Å². The Hall–Kier alpha value is -2.95. The van der Waals surface area contributed by atoms with E-state index in [9.17, 15) is 4.79 Å². The van der Waals surface area contributed by atoms with Crippen molar-refractivity contribution in [1.29, 1.82) is 0 Å². The summed E-state index contributed by atoms with van der Waals surface area (Å²) in [5.41, 5.74) is 2.36. The number of benzene rings is 2. The van der Waals surface area contributed by atoms with Crippen LogP contribution < -0.4 is 19.5 Å². The van der Waals surface area contributed by atoms with Gasteiger partial charge in [0.15, 0.2) is 11.5 Å². The maximum Gasteiger partial charge on any atom is 0.251 e. The summed E-state index contributed by atoms with van der Waals surface area (Å²) in [5, 5.41) is 2.91. The van der Waals surface area contributed by atoms with Gasteiger partial charge in [-0.05, 0) is 36.2 Å². The van der Waals surface area contributed by atoms with Crippen LogP contribution in [0.4, 0.5) is 0 Å². The lowest BCUT2D eigenvalue weighted by molar-refractivity contribution is 0.0950. The molecule has 0 atom stereocenters. The minimum absolute atomic E-state index is 0.179. The highest BCUT2D eigenvalue weighted by Crippen LogP contribution is 2.33. The van der Waals surface area contributed by atoms with Crippen molar-refractivity contribution in [2.24, 2.45) is 0 Å². The quantitative estimate of drug-likeness (QED) is 0.748. The van der Waals surface area contributed by atoms with Gasteiger partial charge >= 0.3 is 0 Å². The van der Waals surface area contributed by atoms with E-state index in [4.69, 9.17) is 14.2 Å². The summed E-state index contributed by atoms with van der Waals surface area (Å²) in [6, 6.07) is 11.0. The van der Waals surface area contributed by atoms with E-state index in [1.807, 2.05) is 24.3 Å². The average molecular weight is 341 g/mol. The summed E-state index contributed by atoms with van der Waals surface area (Å²) in [4.78, 5) is 12.5. The molecule has 1 amide bonds. The van der Waals surface area contributed by atoms with Gasteiger partial charge in [0.05, 0.1) is 21.3 Å². The molecule has 0 aliphatic heterocycles. The minimum atomic E-state index is -0.179. The Labute approximate surface area is 148 Å². The third-order valence-corrected chi connectivity index (χ3v) is 3.79. The van der Waals surface area contributed by atoms with E-state index in [-0.39, 0.29) is 5.91 Å². The fourth-order valence-electron chi connectivity index (χ4n) is 2.51. The number of hydrogen-bond donors (Lipinski definition) is 1. The molecule has 0 aliphatic rings. The Balaban J connectivity index is 2.17. The van der Waals surface area contributed by atoms with Crippen LogP contribution in [0, 0.1) is 0 Å². The number of ether oxygens (including phenoxy) is 3. The molecule has 25 heavy (non-hydrogen) atoms. The lowest BCUT2D eigenvalue weighted by Gasteiger charge is -2.14. The zero-order valence-electron chi connectivity index (χ0n) is 14.8. The van der Waals surface area contributed by atoms with Crippen molar-refractivity contribution in [3.63, 3.8) is 0 Å². The first-order valence-corrected chi connectivity index (χ1v) is 7.89. The van der Waals surface area contributed by atoms with Gasteiger partial charge in [-0.1, -0.05) is 18.2 Å². The molecule has 1 N–H and O–H groups in total. The zero-order chi connectivity index (χ0) is 18.2. The summed E-state index contributed by atoms with van der Waals surface area (Å²) in [7, 11) is 4.75. The standard InChI is InChI=1S/C20H23NO4/c1-5-6-15-11-16(12-18(24-3)19(15)25-4)20(22)21-13-14-7-9-17(23-2)10-8-14/h5,7-12H,1,6,13H2,2-4H3,(H,21,22). The molecule has 0 spiro atoms. The van der Waals surface area contributed by atoms with Crippen LogP contribution in [0.2, 0.25) is 0 Å². The highest BCUT2D eigenvalue weighted by atomic mass is 16.5. The van der Waals surface area contributed by atoms with Crippen LogP contribution in [-0.2, 0) is 13.0 Å². The van der Waals surface area contributed by atoms with Gasteiger partial charge in [0.2, 0.25) is 0 Å². The SMILES string of the molecule is C=CCc1cc(C(=O)NCc2ccc(OC)cc2)cc(OC)c1OC. The molecule has 0 bridgehead atoms. The van der Waals surface area contributed by atoms with Gasteiger partial charge < -0.3 is 19.5 Å². The summed E-state index contributed by atoms with van der Waals surface area (Å²) < 4.78 is 15.9. The molecule has 5 heteroatoms. The number of carbonyl (C=O) groups excluding carboxylic acids is 1. The molecule has 0 radical (unpaired) electrons. The molecule has 0 fully saturated rings. The molecule has 2 aromatic rings. The maximum absolute atomic E-state index is 12.5.